The average molecular weight is 388 g/mol. The van der Waals surface area contributed by atoms with Gasteiger partial charge < -0.3 is 15.0 Å². The summed E-state index contributed by atoms with van der Waals surface area (Å²) in [4.78, 5) is 27.1. The second-order valence-electron chi connectivity index (χ2n) is 6.85. The largest absolute Gasteiger partial charge is 0.465 e. The Labute approximate surface area is 170 Å². The highest BCUT2D eigenvalue weighted by Crippen LogP contribution is 2.24. The Morgan fingerprint density at radius 3 is 1.90 bits per heavy atom. The number of carbonyl (C=O) groups is 2. The Bertz CT molecular complexity index is 946. The molecule has 3 rings (SSSR count). The van der Waals surface area contributed by atoms with Gasteiger partial charge in [-0.2, -0.15) is 0 Å². The summed E-state index contributed by atoms with van der Waals surface area (Å²) >= 11 is 0. The quantitative estimate of drug-likeness (QED) is 0.647. The van der Waals surface area contributed by atoms with Gasteiger partial charge in [0.05, 0.1) is 24.4 Å². The molecule has 0 radical (unpaired) electrons. The van der Waals surface area contributed by atoms with Gasteiger partial charge in [0, 0.05) is 19.7 Å². The SMILES string of the molecule is COC(=O)c1cc(C(=O)NC(c2ccccc2)c2ccccc2)ccc1N(C)C. The molecule has 0 spiro atoms. The molecule has 0 aliphatic heterocycles. The maximum Gasteiger partial charge on any atom is 0.339 e. The van der Waals surface area contributed by atoms with Crippen molar-refractivity contribution in [3.63, 3.8) is 0 Å². The Morgan fingerprint density at radius 1 is 0.862 bits per heavy atom. The van der Waals surface area contributed by atoms with Crippen LogP contribution in [0.5, 0.6) is 0 Å². The second kappa shape index (κ2) is 9.06. The molecule has 0 fully saturated rings. The van der Waals surface area contributed by atoms with E-state index in [0.717, 1.165) is 11.1 Å². The highest BCUT2D eigenvalue weighted by molar-refractivity contribution is 6.01. The van der Waals surface area contributed by atoms with Crippen LogP contribution in [0.15, 0.2) is 78.9 Å². The molecule has 0 heterocycles. The van der Waals surface area contributed by atoms with Gasteiger partial charge >= 0.3 is 5.97 Å². The third kappa shape index (κ3) is 4.63. The third-order valence-electron chi connectivity index (χ3n) is 4.69. The van der Waals surface area contributed by atoms with E-state index < -0.39 is 5.97 Å². The molecule has 0 saturated carbocycles. The van der Waals surface area contributed by atoms with E-state index in [1.807, 2.05) is 79.7 Å². The monoisotopic (exact) mass is 388 g/mol. The minimum atomic E-state index is -0.481. The first-order chi connectivity index (χ1) is 14.0. The Kier molecular flexibility index (Phi) is 6.29. The summed E-state index contributed by atoms with van der Waals surface area (Å²) in [5.41, 5.74) is 3.39. The van der Waals surface area contributed by atoms with E-state index in [0.29, 0.717) is 16.8 Å². The number of rotatable bonds is 6. The molecular formula is C24H24N2O3. The van der Waals surface area contributed by atoms with Crippen molar-refractivity contribution < 1.29 is 14.3 Å². The van der Waals surface area contributed by atoms with Crippen molar-refractivity contribution in [2.45, 2.75) is 6.04 Å². The normalized spacial score (nSPS) is 10.5. The van der Waals surface area contributed by atoms with Crippen LogP contribution in [0.4, 0.5) is 5.69 Å². The molecule has 148 valence electrons. The van der Waals surface area contributed by atoms with Crippen molar-refractivity contribution in [1.29, 1.82) is 0 Å². The van der Waals surface area contributed by atoms with Gasteiger partial charge in [0.1, 0.15) is 0 Å². The van der Waals surface area contributed by atoms with Crippen molar-refractivity contribution in [3.05, 3.63) is 101 Å². The van der Waals surface area contributed by atoms with E-state index >= 15 is 0 Å². The number of nitrogens with zero attached hydrogens (tertiary/aromatic N) is 1. The lowest BCUT2D eigenvalue weighted by molar-refractivity contribution is 0.0601. The number of ether oxygens (including phenoxy) is 1. The first kappa shape index (κ1) is 20.1. The summed E-state index contributed by atoms with van der Waals surface area (Å²) in [7, 11) is 5.00. The molecule has 3 aromatic rings. The molecule has 1 amide bonds. The number of esters is 1. The Hall–Kier alpha value is -3.60. The molecule has 5 heteroatoms. The molecule has 3 aromatic carbocycles. The molecule has 0 aliphatic carbocycles. The van der Waals surface area contributed by atoms with Crippen molar-refractivity contribution in [2.75, 3.05) is 26.1 Å². The third-order valence-corrected chi connectivity index (χ3v) is 4.69. The number of hydrogen-bond acceptors (Lipinski definition) is 4. The molecule has 0 aromatic heterocycles. The number of carbonyl (C=O) groups excluding carboxylic acids is 2. The molecule has 29 heavy (non-hydrogen) atoms. The van der Waals surface area contributed by atoms with Crippen LogP contribution in [-0.2, 0) is 4.74 Å². The Balaban J connectivity index is 1.95. The van der Waals surface area contributed by atoms with Crippen LogP contribution in [0.3, 0.4) is 0 Å². The summed E-state index contributed by atoms with van der Waals surface area (Å²) < 4.78 is 4.88. The fraction of sp³-hybridized carbons (Fsp3) is 0.167. The Morgan fingerprint density at radius 2 is 1.41 bits per heavy atom. The van der Waals surface area contributed by atoms with Gasteiger partial charge in [0.2, 0.25) is 0 Å². The van der Waals surface area contributed by atoms with E-state index in [4.69, 9.17) is 4.74 Å². The van der Waals surface area contributed by atoms with Crippen LogP contribution in [0.25, 0.3) is 0 Å². The predicted molar refractivity (Wildman–Crippen MR) is 114 cm³/mol. The van der Waals surface area contributed by atoms with Crippen LogP contribution in [0.1, 0.15) is 37.9 Å². The molecule has 0 bridgehead atoms. The first-order valence-electron chi connectivity index (χ1n) is 9.31. The van der Waals surface area contributed by atoms with E-state index in [9.17, 15) is 9.59 Å². The summed E-state index contributed by atoms with van der Waals surface area (Å²) in [5, 5.41) is 3.09. The fourth-order valence-electron chi connectivity index (χ4n) is 3.21. The number of benzene rings is 3. The second-order valence-corrected chi connectivity index (χ2v) is 6.85. The van der Waals surface area contributed by atoms with E-state index in [2.05, 4.69) is 5.32 Å². The number of anilines is 1. The summed E-state index contributed by atoms with van der Waals surface area (Å²) in [6.45, 7) is 0. The number of nitrogens with one attached hydrogen (secondary N) is 1. The van der Waals surface area contributed by atoms with Gasteiger partial charge in [-0.25, -0.2) is 4.79 Å². The van der Waals surface area contributed by atoms with Crippen LogP contribution in [0, 0.1) is 0 Å². The maximum absolute atomic E-state index is 13.1. The lowest BCUT2D eigenvalue weighted by Crippen LogP contribution is -2.29. The molecule has 0 saturated heterocycles. The van der Waals surface area contributed by atoms with Gasteiger partial charge in [0.25, 0.3) is 5.91 Å². The van der Waals surface area contributed by atoms with Crippen molar-refractivity contribution in [1.82, 2.24) is 5.32 Å². The van der Waals surface area contributed by atoms with Crippen molar-refractivity contribution in [3.8, 4) is 0 Å². The summed E-state index contributed by atoms with van der Waals surface area (Å²) in [6.07, 6.45) is 0. The van der Waals surface area contributed by atoms with Crippen LogP contribution in [0.2, 0.25) is 0 Å². The van der Waals surface area contributed by atoms with Crippen LogP contribution in [-0.4, -0.2) is 33.1 Å². The zero-order chi connectivity index (χ0) is 20.8. The topological polar surface area (TPSA) is 58.6 Å². The molecule has 1 N–H and O–H groups in total. The lowest BCUT2D eigenvalue weighted by atomic mass is 9.98. The molecule has 0 aliphatic rings. The van der Waals surface area contributed by atoms with Gasteiger partial charge in [-0.3, -0.25) is 4.79 Å². The van der Waals surface area contributed by atoms with Gasteiger partial charge in [-0.15, -0.1) is 0 Å². The zero-order valence-corrected chi connectivity index (χ0v) is 16.8. The van der Waals surface area contributed by atoms with E-state index in [1.54, 1.807) is 18.2 Å². The van der Waals surface area contributed by atoms with Gasteiger partial charge in [-0.05, 0) is 29.3 Å². The van der Waals surface area contributed by atoms with Gasteiger partial charge in [0.15, 0.2) is 0 Å². The lowest BCUT2D eigenvalue weighted by Gasteiger charge is -2.21. The van der Waals surface area contributed by atoms with Crippen LogP contribution >= 0.6 is 0 Å². The number of hydrogen-bond donors (Lipinski definition) is 1. The van der Waals surface area contributed by atoms with Crippen molar-refractivity contribution >= 4 is 17.6 Å². The molecule has 0 atom stereocenters. The molecule has 0 unspecified atom stereocenters. The smallest absolute Gasteiger partial charge is 0.339 e. The summed E-state index contributed by atoms with van der Waals surface area (Å²) in [5.74, 6) is -0.746. The predicted octanol–water partition coefficient (Wildman–Crippen LogP) is 4.06. The molecule has 5 nitrogen and oxygen atoms in total. The standard InChI is InChI=1S/C24H24N2O3/c1-26(2)21-15-14-19(16-20(21)24(28)29-3)23(27)25-22(17-10-6-4-7-11-17)18-12-8-5-9-13-18/h4-16,22H,1-3H3,(H,25,27). The highest BCUT2D eigenvalue weighted by atomic mass is 16.5. The van der Waals surface area contributed by atoms with Crippen molar-refractivity contribution in [2.24, 2.45) is 0 Å². The molecular weight excluding hydrogens is 364 g/mol. The fourth-order valence-corrected chi connectivity index (χ4v) is 3.21. The van der Waals surface area contributed by atoms with Crippen LogP contribution < -0.4 is 10.2 Å². The maximum atomic E-state index is 13.1. The summed E-state index contributed by atoms with van der Waals surface area (Å²) in [6, 6.07) is 24.3. The average Bonchev–Trinajstić information content (AvgIpc) is 2.77. The first-order valence-corrected chi connectivity index (χ1v) is 9.31. The van der Waals surface area contributed by atoms with Gasteiger partial charge in [-0.1, -0.05) is 60.7 Å². The van der Waals surface area contributed by atoms with E-state index in [-0.39, 0.29) is 11.9 Å². The highest BCUT2D eigenvalue weighted by Gasteiger charge is 2.20. The number of amides is 1. The number of methoxy groups -OCH3 is 1. The minimum absolute atomic E-state index is 0.266. The van der Waals surface area contributed by atoms with E-state index in [1.165, 1.54) is 7.11 Å². The minimum Gasteiger partial charge on any atom is -0.465 e. The zero-order valence-electron chi connectivity index (χ0n) is 16.8.